The Balaban J connectivity index is 1.90. The lowest BCUT2D eigenvalue weighted by Crippen LogP contribution is -2.22. The summed E-state index contributed by atoms with van der Waals surface area (Å²) in [6, 6.07) is 12.6. The highest BCUT2D eigenvalue weighted by Gasteiger charge is 2.15. The van der Waals surface area contributed by atoms with Crippen LogP contribution in [-0.2, 0) is 14.4 Å². The fourth-order valence-corrected chi connectivity index (χ4v) is 3.01. The maximum atomic E-state index is 12.3. The average Bonchev–Trinajstić information content (AvgIpc) is 2.68. The molecule has 1 atom stereocenters. The summed E-state index contributed by atoms with van der Waals surface area (Å²) in [5.74, 6) is -3.05. The third-order valence-corrected chi connectivity index (χ3v) is 4.69. The molecule has 8 nitrogen and oxygen atoms in total. The molecule has 0 aliphatic rings. The van der Waals surface area contributed by atoms with Crippen LogP contribution < -0.4 is 10.6 Å². The Morgan fingerprint density at radius 2 is 1.41 bits per heavy atom. The minimum atomic E-state index is -1.21. The van der Waals surface area contributed by atoms with E-state index in [0.29, 0.717) is 11.4 Å². The second-order valence-electron chi connectivity index (χ2n) is 5.82. The van der Waals surface area contributed by atoms with Crippen LogP contribution in [0.15, 0.2) is 65.6 Å². The topological polar surface area (TPSA) is 133 Å². The Morgan fingerprint density at radius 3 is 1.97 bits per heavy atom. The lowest BCUT2D eigenvalue weighted by atomic mass is 10.2. The number of benzene rings is 2. The molecule has 9 heteroatoms. The van der Waals surface area contributed by atoms with Crippen molar-refractivity contribution in [1.82, 2.24) is 0 Å². The number of carbonyl (C=O) groups is 4. The second kappa shape index (κ2) is 10.1. The van der Waals surface area contributed by atoms with Gasteiger partial charge in [0.2, 0.25) is 11.8 Å². The van der Waals surface area contributed by atoms with Crippen LogP contribution in [0.3, 0.4) is 0 Å². The number of amides is 2. The van der Waals surface area contributed by atoms with Gasteiger partial charge in [-0.05, 0) is 55.5 Å². The molecule has 150 valence electrons. The molecule has 0 heterocycles. The summed E-state index contributed by atoms with van der Waals surface area (Å²) < 4.78 is 0. The molecule has 0 fully saturated rings. The van der Waals surface area contributed by atoms with Gasteiger partial charge in [0.05, 0.1) is 10.8 Å². The lowest BCUT2D eigenvalue weighted by molar-refractivity contribution is -0.131. The van der Waals surface area contributed by atoms with Crippen LogP contribution in [0.1, 0.15) is 17.3 Å². The summed E-state index contributed by atoms with van der Waals surface area (Å²) >= 11 is 1.31. The highest BCUT2D eigenvalue weighted by molar-refractivity contribution is 8.00. The van der Waals surface area contributed by atoms with E-state index in [-0.39, 0.29) is 11.5 Å². The Labute approximate surface area is 170 Å². The summed E-state index contributed by atoms with van der Waals surface area (Å²) in [6.45, 7) is 1.73. The van der Waals surface area contributed by atoms with E-state index in [2.05, 4.69) is 10.6 Å². The van der Waals surface area contributed by atoms with Gasteiger partial charge in [0.25, 0.3) is 0 Å². The van der Waals surface area contributed by atoms with Gasteiger partial charge in [0.15, 0.2) is 0 Å². The molecule has 2 rings (SSSR count). The number of carboxylic acids is 2. The Kier molecular flexibility index (Phi) is 7.55. The van der Waals surface area contributed by atoms with Gasteiger partial charge >= 0.3 is 11.9 Å². The van der Waals surface area contributed by atoms with E-state index in [1.165, 1.54) is 36.0 Å². The van der Waals surface area contributed by atoms with Gasteiger partial charge in [0, 0.05) is 28.4 Å². The summed E-state index contributed by atoms with van der Waals surface area (Å²) in [6.07, 6.45) is 1.66. The fourth-order valence-electron chi connectivity index (χ4n) is 2.15. The molecule has 29 heavy (non-hydrogen) atoms. The van der Waals surface area contributed by atoms with Crippen LogP contribution in [0.4, 0.5) is 11.4 Å². The van der Waals surface area contributed by atoms with Crippen LogP contribution in [0.2, 0.25) is 0 Å². The molecule has 1 unspecified atom stereocenters. The number of nitrogens with one attached hydrogen (secondary N) is 2. The summed E-state index contributed by atoms with van der Waals surface area (Å²) in [5.41, 5.74) is 1.13. The van der Waals surface area contributed by atoms with Crippen molar-refractivity contribution in [1.29, 1.82) is 0 Å². The number of aliphatic carboxylic acids is 1. The fraction of sp³-hybridized carbons (Fsp3) is 0.100. The van der Waals surface area contributed by atoms with Gasteiger partial charge in [-0.15, -0.1) is 11.8 Å². The molecular weight excluding hydrogens is 396 g/mol. The van der Waals surface area contributed by atoms with Crippen molar-refractivity contribution in [3.63, 3.8) is 0 Å². The van der Waals surface area contributed by atoms with Crippen molar-refractivity contribution in [3.8, 4) is 0 Å². The number of hydrogen-bond donors (Lipinski definition) is 4. The molecule has 0 aliphatic heterocycles. The zero-order valence-electron chi connectivity index (χ0n) is 15.3. The number of anilines is 2. The van der Waals surface area contributed by atoms with Crippen LogP contribution in [0.25, 0.3) is 0 Å². The Hall–Kier alpha value is -3.59. The monoisotopic (exact) mass is 414 g/mol. The number of carbonyl (C=O) groups excluding carboxylic acids is 2. The first-order valence-corrected chi connectivity index (χ1v) is 9.25. The second-order valence-corrected chi connectivity index (χ2v) is 7.23. The van der Waals surface area contributed by atoms with E-state index in [4.69, 9.17) is 10.2 Å². The van der Waals surface area contributed by atoms with Crippen LogP contribution in [0, 0.1) is 0 Å². The minimum absolute atomic E-state index is 0.135. The summed E-state index contributed by atoms with van der Waals surface area (Å²) in [5, 5.41) is 22.2. The molecule has 4 N–H and O–H groups in total. The maximum absolute atomic E-state index is 12.3. The predicted octanol–water partition coefficient (Wildman–Crippen LogP) is 3.08. The van der Waals surface area contributed by atoms with E-state index < -0.39 is 23.1 Å². The van der Waals surface area contributed by atoms with Crippen LogP contribution >= 0.6 is 11.8 Å². The van der Waals surface area contributed by atoms with Crippen molar-refractivity contribution in [2.24, 2.45) is 0 Å². The molecule has 0 saturated heterocycles. The van der Waals surface area contributed by atoms with Gasteiger partial charge in [-0.25, -0.2) is 9.59 Å². The van der Waals surface area contributed by atoms with E-state index in [9.17, 15) is 19.2 Å². The smallest absolute Gasteiger partial charge is 0.335 e. The molecule has 2 aromatic carbocycles. The largest absolute Gasteiger partial charge is 0.478 e. The third kappa shape index (κ3) is 7.15. The number of carboxylic acid groups (broad SMARTS) is 2. The van der Waals surface area contributed by atoms with Gasteiger partial charge in [-0.1, -0.05) is 0 Å². The molecular formula is C20H18N2O6S. The van der Waals surface area contributed by atoms with Gasteiger partial charge < -0.3 is 20.8 Å². The molecule has 0 aliphatic carbocycles. The number of aromatic carboxylic acids is 1. The highest BCUT2D eigenvalue weighted by atomic mass is 32.2. The first-order chi connectivity index (χ1) is 13.7. The van der Waals surface area contributed by atoms with E-state index >= 15 is 0 Å². The normalized spacial score (nSPS) is 11.6. The van der Waals surface area contributed by atoms with Crippen LogP contribution in [-0.4, -0.2) is 39.2 Å². The first-order valence-electron chi connectivity index (χ1n) is 8.37. The molecule has 0 bridgehead atoms. The van der Waals surface area contributed by atoms with Gasteiger partial charge in [-0.3, -0.25) is 9.59 Å². The molecule has 2 amide bonds. The molecule has 2 aromatic rings. The van der Waals surface area contributed by atoms with E-state index in [1.807, 2.05) is 0 Å². The summed E-state index contributed by atoms with van der Waals surface area (Å²) in [7, 11) is 0. The Morgan fingerprint density at radius 1 is 0.862 bits per heavy atom. The summed E-state index contributed by atoms with van der Waals surface area (Å²) in [4.78, 5) is 45.9. The SMILES string of the molecule is CC(Sc1ccc(NC(=O)/C=C/C(=O)O)cc1)C(=O)Nc1ccc(C(=O)O)cc1. The maximum Gasteiger partial charge on any atom is 0.335 e. The zero-order chi connectivity index (χ0) is 21.4. The minimum Gasteiger partial charge on any atom is -0.478 e. The Bertz CT molecular complexity index is 938. The third-order valence-electron chi connectivity index (χ3n) is 3.58. The first kappa shape index (κ1) is 21.7. The van der Waals surface area contributed by atoms with Crippen molar-refractivity contribution in [2.45, 2.75) is 17.1 Å². The number of hydrogen-bond acceptors (Lipinski definition) is 5. The average molecular weight is 414 g/mol. The van der Waals surface area contributed by atoms with Crippen molar-refractivity contribution in [2.75, 3.05) is 10.6 Å². The molecule has 0 radical (unpaired) electrons. The standard InChI is InChI=1S/C20H18N2O6S/c1-12(19(26)22-15-4-2-13(3-5-15)20(27)28)29-16-8-6-14(7-9-16)21-17(23)10-11-18(24)25/h2-12H,1H3,(H,21,23)(H,22,26)(H,24,25)(H,27,28)/b11-10+. The molecule has 0 spiro atoms. The predicted molar refractivity (Wildman–Crippen MR) is 109 cm³/mol. The van der Waals surface area contributed by atoms with Crippen LogP contribution in [0.5, 0.6) is 0 Å². The molecule has 0 saturated carbocycles. The van der Waals surface area contributed by atoms with Crippen molar-refractivity contribution in [3.05, 3.63) is 66.2 Å². The van der Waals surface area contributed by atoms with Crippen molar-refractivity contribution >= 4 is 46.9 Å². The van der Waals surface area contributed by atoms with E-state index in [0.717, 1.165) is 17.0 Å². The quantitative estimate of drug-likeness (QED) is 0.385. The highest BCUT2D eigenvalue weighted by Crippen LogP contribution is 2.25. The van der Waals surface area contributed by atoms with E-state index in [1.54, 1.807) is 31.2 Å². The molecule has 0 aromatic heterocycles. The van der Waals surface area contributed by atoms with Gasteiger partial charge in [0.1, 0.15) is 0 Å². The number of rotatable bonds is 8. The van der Waals surface area contributed by atoms with Crippen molar-refractivity contribution < 1.29 is 29.4 Å². The van der Waals surface area contributed by atoms with Gasteiger partial charge in [-0.2, -0.15) is 0 Å². The zero-order valence-corrected chi connectivity index (χ0v) is 16.1. The number of thioether (sulfide) groups is 1. The lowest BCUT2D eigenvalue weighted by Gasteiger charge is -2.12.